The summed E-state index contributed by atoms with van der Waals surface area (Å²) in [6, 6.07) is 13.4. The molecule has 0 radical (unpaired) electrons. The minimum absolute atomic E-state index is 0.127. The number of amides is 2. The molecule has 2 aliphatic heterocycles. The van der Waals surface area contributed by atoms with E-state index in [1.807, 2.05) is 23.1 Å². The molecule has 2 fully saturated rings. The molecule has 2 aromatic rings. The fourth-order valence-electron chi connectivity index (χ4n) is 4.85. The normalized spacial score (nSPS) is 21.4. The Morgan fingerprint density at radius 1 is 0.935 bits per heavy atom. The third kappa shape index (κ3) is 5.10. The summed E-state index contributed by atoms with van der Waals surface area (Å²) in [5.74, 6) is -2.46. The van der Waals surface area contributed by atoms with E-state index in [1.165, 1.54) is 5.56 Å². The molecule has 0 saturated carbocycles. The summed E-state index contributed by atoms with van der Waals surface area (Å²) < 4.78 is 26.7. The maximum absolute atomic E-state index is 13.3. The quantitative estimate of drug-likeness (QED) is 0.769. The van der Waals surface area contributed by atoms with Crippen LogP contribution in [0.25, 0.3) is 0 Å². The molecule has 2 aliphatic rings. The molecule has 0 aromatic heterocycles. The Morgan fingerprint density at radius 2 is 1.61 bits per heavy atom. The highest BCUT2D eigenvalue weighted by atomic mass is 19.1. The van der Waals surface area contributed by atoms with E-state index in [-0.39, 0.29) is 24.1 Å². The number of benzene rings is 2. The number of hydrogen-bond acceptors (Lipinski definition) is 3. The van der Waals surface area contributed by atoms with Gasteiger partial charge in [-0.3, -0.25) is 14.5 Å². The van der Waals surface area contributed by atoms with Gasteiger partial charge in [-0.05, 0) is 49.9 Å². The summed E-state index contributed by atoms with van der Waals surface area (Å²) in [5.41, 5.74) is 1.13. The smallest absolute Gasteiger partial charge is 0.251 e. The number of halogens is 2. The first-order valence-corrected chi connectivity index (χ1v) is 10.8. The number of hydrogen-bond donors (Lipinski definition) is 1. The Bertz CT molecular complexity index is 917. The van der Waals surface area contributed by atoms with E-state index < -0.39 is 17.5 Å². The van der Waals surface area contributed by atoms with Crippen molar-refractivity contribution in [3.05, 3.63) is 71.3 Å². The van der Waals surface area contributed by atoms with Crippen molar-refractivity contribution in [2.24, 2.45) is 0 Å². The molecule has 0 bridgehead atoms. The zero-order chi connectivity index (χ0) is 21.8. The average molecular weight is 427 g/mol. The highest BCUT2D eigenvalue weighted by molar-refractivity contribution is 5.96. The Kier molecular flexibility index (Phi) is 6.61. The molecule has 2 unspecified atom stereocenters. The lowest BCUT2D eigenvalue weighted by Crippen LogP contribution is -2.50. The minimum Gasteiger partial charge on any atom is -0.343 e. The molecule has 2 amide bonds. The monoisotopic (exact) mass is 427 g/mol. The first-order chi connectivity index (χ1) is 15.0. The van der Waals surface area contributed by atoms with Gasteiger partial charge in [0.15, 0.2) is 0 Å². The first-order valence-electron chi connectivity index (χ1n) is 10.8. The van der Waals surface area contributed by atoms with Crippen LogP contribution >= 0.6 is 0 Å². The number of likely N-dealkylation sites (tertiary alicyclic amines) is 2. The number of rotatable bonds is 6. The lowest BCUT2D eigenvalue weighted by Gasteiger charge is -2.35. The van der Waals surface area contributed by atoms with Gasteiger partial charge in [0.1, 0.15) is 11.6 Å². The van der Waals surface area contributed by atoms with Crippen LogP contribution in [0.2, 0.25) is 0 Å². The molecule has 2 atom stereocenters. The zero-order valence-corrected chi connectivity index (χ0v) is 17.4. The van der Waals surface area contributed by atoms with Crippen molar-refractivity contribution in [2.75, 3.05) is 19.6 Å². The van der Waals surface area contributed by atoms with Crippen LogP contribution in [0.5, 0.6) is 0 Å². The highest BCUT2D eigenvalue weighted by Crippen LogP contribution is 2.31. The maximum atomic E-state index is 13.3. The summed E-state index contributed by atoms with van der Waals surface area (Å²) in [6.07, 6.45) is 4.05. The molecule has 1 N–H and O–H groups in total. The first kappa shape index (κ1) is 21.4. The van der Waals surface area contributed by atoms with E-state index in [1.54, 1.807) is 0 Å². The Morgan fingerprint density at radius 3 is 2.35 bits per heavy atom. The van der Waals surface area contributed by atoms with Crippen LogP contribution in [0.4, 0.5) is 8.78 Å². The molecule has 31 heavy (non-hydrogen) atoms. The summed E-state index contributed by atoms with van der Waals surface area (Å²) in [5, 5.41) is 2.52. The predicted octanol–water partition coefficient (Wildman–Crippen LogP) is 3.35. The third-order valence-electron chi connectivity index (χ3n) is 6.23. The maximum Gasteiger partial charge on any atom is 0.251 e. The minimum atomic E-state index is -0.823. The third-order valence-corrected chi connectivity index (χ3v) is 6.23. The van der Waals surface area contributed by atoms with Gasteiger partial charge in [0.2, 0.25) is 5.91 Å². The van der Waals surface area contributed by atoms with E-state index in [0.717, 1.165) is 50.9 Å². The summed E-state index contributed by atoms with van der Waals surface area (Å²) in [6.45, 7) is 2.37. The summed E-state index contributed by atoms with van der Waals surface area (Å²) >= 11 is 0. The molecule has 7 heteroatoms. The molecule has 5 nitrogen and oxygen atoms in total. The van der Waals surface area contributed by atoms with E-state index in [2.05, 4.69) is 22.3 Å². The van der Waals surface area contributed by atoms with Crippen LogP contribution < -0.4 is 5.32 Å². The highest BCUT2D eigenvalue weighted by Gasteiger charge is 2.39. The van der Waals surface area contributed by atoms with Crippen LogP contribution in [0.1, 0.15) is 41.6 Å². The zero-order valence-electron chi connectivity index (χ0n) is 17.4. The fraction of sp³-hybridized carbons (Fsp3) is 0.417. The topological polar surface area (TPSA) is 52.7 Å². The SMILES string of the molecule is O=C(NCC(=O)N1CCCC1C1CCCN1Cc1ccccc1)c1cc(F)cc(F)c1. The molecule has 0 aliphatic carbocycles. The van der Waals surface area contributed by atoms with Gasteiger partial charge in [0.05, 0.1) is 6.54 Å². The van der Waals surface area contributed by atoms with Gasteiger partial charge in [-0.25, -0.2) is 8.78 Å². The molecular weight excluding hydrogens is 400 g/mol. The van der Waals surface area contributed by atoms with E-state index in [4.69, 9.17) is 0 Å². The Hall–Kier alpha value is -2.80. The van der Waals surface area contributed by atoms with Gasteiger partial charge in [-0.2, -0.15) is 0 Å². The molecule has 4 rings (SSSR count). The van der Waals surface area contributed by atoms with Crippen molar-refractivity contribution in [2.45, 2.75) is 44.3 Å². The molecule has 2 heterocycles. The standard InChI is InChI=1S/C24H27F2N3O2/c25-19-12-18(13-20(26)14-19)24(31)27-15-23(30)29-11-5-9-22(29)21-8-4-10-28(21)16-17-6-2-1-3-7-17/h1-3,6-7,12-14,21-22H,4-5,8-11,15-16H2,(H,27,31). The van der Waals surface area contributed by atoms with Gasteiger partial charge in [-0.15, -0.1) is 0 Å². The van der Waals surface area contributed by atoms with Gasteiger partial charge >= 0.3 is 0 Å². The van der Waals surface area contributed by atoms with Crippen LogP contribution in [0.15, 0.2) is 48.5 Å². The van der Waals surface area contributed by atoms with Crippen LogP contribution in [-0.2, 0) is 11.3 Å². The van der Waals surface area contributed by atoms with E-state index >= 15 is 0 Å². The van der Waals surface area contributed by atoms with E-state index in [0.29, 0.717) is 18.7 Å². The fourth-order valence-corrected chi connectivity index (χ4v) is 4.85. The number of nitrogens with one attached hydrogen (secondary N) is 1. The van der Waals surface area contributed by atoms with Gasteiger partial charge in [0, 0.05) is 36.8 Å². The number of carbonyl (C=O) groups excluding carboxylic acids is 2. The van der Waals surface area contributed by atoms with Gasteiger partial charge in [-0.1, -0.05) is 30.3 Å². The second-order valence-corrected chi connectivity index (χ2v) is 8.30. The van der Waals surface area contributed by atoms with E-state index in [9.17, 15) is 18.4 Å². The van der Waals surface area contributed by atoms with Crippen molar-refractivity contribution >= 4 is 11.8 Å². The second-order valence-electron chi connectivity index (χ2n) is 8.30. The van der Waals surface area contributed by atoms with Crippen molar-refractivity contribution in [1.29, 1.82) is 0 Å². The van der Waals surface area contributed by atoms with Crippen LogP contribution in [0.3, 0.4) is 0 Å². The molecular formula is C24H27F2N3O2. The number of carbonyl (C=O) groups is 2. The molecule has 0 spiro atoms. The lowest BCUT2D eigenvalue weighted by molar-refractivity contribution is -0.132. The van der Waals surface area contributed by atoms with Crippen molar-refractivity contribution in [1.82, 2.24) is 15.1 Å². The predicted molar refractivity (Wildman–Crippen MR) is 113 cm³/mol. The average Bonchev–Trinajstić information content (AvgIpc) is 3.41. The summed E-state index contributed by atoms with van der Waals surface area (Å²) in [7, 11) is 0. The molecule has 2 aromatic carbocycles. The van der Waals surface area contributed by atoms with Gasteiger partial charge < -0.3 is 10.2 Å². The molecule has 164 valence electrons. The van der Waals surface area contributed by atoms with Gasteiger partial charge in [0.25, 0.3) is 5.91 Å². The Balaban J connectivity index is 1.37. The summed E-state index contributed by atoms with van der Waals surface area (Å²) in [4.78, 5) is 29.5. The van der Waals surface area contributed by atoms with Crippen molar-refractivity contribution < 1.29 is 18.4 Å². The number of nitrogens with zero attached hydrogens (tertiary/aromatic N) is 2. The Labute approximate surface area is 181 Å². The lowest BCUT2D eigenvalue weighted by atomic mass is 10.0. The van der Waals surface area contributed by atoms with Crippen LogP contribution in [0, 0.1) is 11.6 Å². The second kappa shape index (κ2) is 9.56. The van der Waals surface area contributed by atoms with Crippen LogP contribution in [-0.4, -0.2) is 53.3 Å². The van der Waals surface area contributed by atoms with Crippen molar-refractivity contribution in [3.8, 4) is 0 Å². The van der Waals surface area contributed by atoms with Crippen molar-refractivity contribution in [3.63, 3.8) is 0 Å². The molecule has 2 saturated heterocycles. The largest absolute Gasteiger partial charge is 0.343 e.